The average Bonchev–Trinajstić information content (AvgIpc) is 2.66. The number of phenolic OH excluding ortho intramolecular Hbond substituents is 1. The lowest BCUT2D eigenvalue weighted by Gasteiger charge is -2.19. The Bertz CT molecular complexity index is 637. The Morgan fingerprint density at radius 1 is 1.11 bits per heavy atom. The van der Waals surface area contributed by atoms with Crippen LogP contribution in [0.1, 0.15) is 12.5 Å². The quantitative estimate of drug-likeness (QED) is 0.442. The highest BCUT2D eigenvalue weighted by atomic mass is 16.5. The van der Waals surface area contributed by atoms with Crippen LogP contribution in [0.5, 0.6) is 11.5 Å². The van der Waals surface area contributed by atoms with Crippen molar-refractivity contribution >= 4 is 11.8 Å². The fraction of sp³-hybridized carbons (Fsp3) is 0.600. The van der Waals surface area contributed by atoms with Crippen molar-refractivity contribution in [2.24, 2.45) is 5.92 Å². The first kappa shape index (κ1) is 23.7. The third kappa shape index (κ3) is 8.14. The number of nitrogens with one attached hydrogen (secondary N) is 2. The van der Waals surface area contributed by atoms with Crippen molar-refractivity contribution in [3.8, 4) is 11.5 Å². The largest absolute Gasteiger partial charge is 0.504 e. The van der Waals surface area contributed by atoms with Gasteiger partial charge in [-0.05, 0) is 51.8 Å². The minimum Gasteiger partial charge on any atom is -0.504 e. The molecule has 28 heavy (non-hydrogen) atoms. The molecular formula is C20H34N4O4. The molecule has 0 aliphatic heterocycles. The van der Waals surface area contributed by atoms with Gasteiger partial charge >= 0.3 is 0 Å². The van der Waals surface area contributed by atoms with Gasteiger partial charge in [-0.15, -0.1) is 0 Å². The third-order valence-electron chi connectivity index (χ3n) is 4.51. The van der Waals surface area contributed by atoms with E-state index in [1.54, 1.807) is 12.1 Å². The number of methoxy groups -OCH3 is 1. The predicted molar refractivity (Wildman–Crippen MR) is 110 cm³/mol. The normalized spacial score (nSPS) is 12.1. The number of carbonyl (C=O) groups excluding carboxylic acids is 2. The Balaban J connectivity index is 2.84. The number of ether oxygens (including phenoxy) is 1. The number of hydrogen-bond donors (Lipinski definition) is 3. The van der Waals surface area contributed by atoms with Crippen LogP contribution in [0.15, 0.2) is 18.2 Å². The monoisotopic (exact) mass is 394 g/mol. The molecule has 1 atom stereocenters. The van der Waals surface area contributed by atoms with Crippen LogP contribution < -0.4 is 15.4 Å². The molecule has 0 aliphatic carbocycles. The molecule has 0 heterocycles. The number of likely N-dealkylation sites (N-methyl/N-ethyl adjacent to an activating group) is 2. The fourth-order valence-electron chi connectivity index (χ4n) is 2.57. The first-order chi connectivity index (χ1) is 13.3. The molecule has 1 rings (SSSR count). The van der Waals surface area contributed by atoms with Gasteiger partial charge in [0.05, 0.1) is 7.11 Å². The van der Waals surface area contributed by atoms with Gasteiger partial charge in [-0.2, -0.15) is 0 Å². The van der Waals surface area contributed by atoms with E-state index in [-0.39, 0.29) is 24.0 Å². The third-order valence-corrected chi connectivity index (χ3v) is 4.51. The Morgan fingerprint density at radius 3 is 2.25 bits per heavy atom. The van der Waals surface area contributed by atoms with E-state index in [0.717, 1.165) is 12.1 Å². The second-order valence-electron chi connectivity index (χ2n) is 7.04. The van der Waals surface area contributed by atoms with Gasteiger partial charge < -0.3 is 30.3 Å². The van der Waals surface area contributed by atoms with E-state index in [2.05, 4.69) is 15.5 Å². The maximum Gasteiger partial charge on any atom is 0.232 e. The molecule has 0 saturated carbocycles. The number of phenols is 1. The molecule has 1 aromatic rings. The summed E-state index contributed by atoms with van der Waals surface area (Å²) in [6.45, 7) is 5.27. The minimum absolute atomic E-state index is 0.0188. The van der Waals surface area contributed by atoms with E-state index in [1.807, 2.05) is 33.0 Å². The lowest BCUT2D eigenvalue weighted by Crippen LogP contribution is -2.45. The zero-order valence-corrected chi connectivity index (χ0v) is 17.6. The van der Waals surface area contributed by atoms with Crippen molar-refractivity contribution < 1.29 is 19.4 Å². The molecule has 0 aliphatic rings. The number of hydrogen-bond acceptors (Lipinski definition) is 6. The smallest absolute Gasteiger partial charge is 0.232 e. The molecule has 0 fully saturated rings. The van der Waals surface area contributed by atoms with Crippen LogP contribution in [0.25, 0.3) is 0 Å². The number of aromatic hydroxyl groups is 1. The van der Waals surface area contributed by atoms with Gasteiger partial charge in [-0.3, -0.25) is 9.59 Å². The Morgan fingerprint density at radius 2 is 1.71 bits per heavy atom. The molecule has 0 aromatic heterocycles. The van der Waals surface area contributed by atoms with E-state index in [0.29, 0.717) is 31.9 Å². The fourth-order valence-corrected chi connectivity index (χ4v) is 2.57. The van der Waals surface area contributed by atoms with Crippen molar-refractivity contribution in [3.05, 3.63) is 23.8 Å². The zero-order chi connectivity index (χ0) is 21.1. The van der Waals surface area contributed by atoms with Gasteiger partial charge in [-0.25, -0.2) is 0 Å². The molecule has 1 unspecified atom stereocenters. The van der Waals surface area contributed by atoms with Crippen LogP contribution >= 0.6 is 0 Å². The Kier molecular flexibility index (Phi) is 10.3. The van der Waals surface area contributed by atoms with Gasteiger partial charge in [-0.1, -0.05) is 13.0 Å². The van der Waals surface area contributed by atoms with Gasteiger partial charge in [0.15, 0.2) is 11.5 Å². The van der Waals surface area contributed by atoms with E-state index in [1.165, 1.54) is 13.2 Å². The highest BCUT2D eigenvalue weighted by Gasteiger charge is 2.27. The first-order valence-electron chi connectivity index (χ1n) is 9.53. The van der Waals surface area contributed by atoms with Gasteiger partial charge in [0.2, 0.25) is 11.8 Å². The number of amides is 2. The Labute approximate surface area is 167 Å². The summed E-state index contributed by atoms with van der Waals surface area (Å²) in [6.07, 6.45) is 0.222. The standard InChI is InChI=1S/C20H34N4O4/c1-6-24(4)12-10-22-20(27)16(19(26)21-9-11-23(2)3)13-15-7-8-17(25)18(14-15)28-5/h7-8,14,16,25H,6,9-13H2,1-5H3,(H,21,26)(H,22,27). The van der Waals surface area contributed by atoms with Crippen LogP contribution in [0.4, 0.5) is 0 Å². The lowest BCUT2D eigenvalue weighted by atomic mass is 9.97. The average molecular weight is 395 g/mol. The maximum absolute atomic E-state index is 12.7. The van der Waals surface area contributed by atoms with Gasteiger partial charge in [0.1, 0.15) is 5.92 Å². The van der Waals surface area contributed by atoms with E-state index in [4.69, 9.17) is 4.74 Å². The molecule has 0 spiro atoms. The van der Waals surface area contributed by atoms with E-state index in [9.17, 15) is 14.7 Å². The van der Waals surface area contributed by atoms with Crippen LogP contribution in [0.2, 0.25) is 0 Å². The number of nitrogens with zero attached hydrogens (tertiary/aromatic N) is 2. The van der Waals surface area contributed by atoms with Crippen LogP contribution in [0.3, 0.4) is 0 Å². The van der Waals surface area contributed by atoms with Gasteiger partial charge in [0, 0.05) is 26.2 Å². The molecule has 8 nitrogen and oxygen atoms in total. The Hall–Kier alpha value is -2.32. The molecule has 3 N–H and O–H groups in total. The first-order valence-corrected chi connectivity index (χ1v) is 9.53. The molecule has 2 amide bonds. The summed E-state index contributed by atoms with van der Waals surface area (Å²) in [6, 6.07) is 4.84. The number of rotatable bonds is 12. The lowest BCUT2D eigenvalue weighted by molar-refractivity contribution is -0.135. The summed E-state index contributed by atoms with van der Waals surface area (Å²) >= 11 is 0. The van der Waals surface area contributed by atoms with Crippen LogP contribution in [-0.4, -0.2) is 87.7 Å². The minimum atomic E-state index is -0.858. The van der Waals surface area contributed by atoms with Crippen molar-refractivity contribution in [3.63, 3.8) is 0 Å². The molecular weight excluding hydrogens is 360 g/mol. The van der Waals surface area contributed by atoms with E-state index < -0.39 is 5.92 Å². The molecule has 158 valence electrons. The van der Waals surface area contributed by atoms with Crippen molar-refractivity contribution in [2.45, 2.75) is 13.3 Å². The number of carbonyl (C=O) groups is 2. The van der Waals surface area contributed by atoms with Crippen molar-refractivity contribution in [2.75, 3.05) is 61.0 Å². The van der Waals surface area contributed by atoms with Gasteiger partial charge in [0.25, 0.3) is 0 Å². The highest BCUT2D eigenvalue weighted by Crippen LogP contribution is 2.27. The van der Waals surface area contributed by atoms with Crippen molar-refractivity contribution in [1.82, 2.24) is 20.4 Å². The molecule has 1 aromatic carbocycles. The molecule has 0 saturated heterocycles. The number of benzene rings is 1. The predicted octanol–water partition coefficient (Wildman–Crippen LogP) is 0.305. The SMILES string of the molecule is CCN(C)CCNC(=O)C(Cc1ccc(O)c(OC)c1)C(=O)NCCN(C)C. The summed E-state index contributed by atoms with van der Waals surface area (Å²) in [5, 5.41) is 15.4. The summed E-state index contributed by atoms with van der Waals surface area (Å²) in [7, 11) is 7.27. The summed E-state index contributed by atoms with van der Waals surface area (Å²) in [4.78, 5) is 29.4. The summed E-state index contributed by atoms with van der Waals surface area (Å²) in [5.41, 5.74) is 0.739. The second kappa shape index (κ2) is 12.2. The van der Waals surface area contributed by atoms with E-state index >= 15 is 0 Å². The second-order valence-corrected chi connectivity index (χ2v) is 7.04. The topological polar surface area (TPSA) is 94.1 Å². The van der Waals surface area contributed by atoms with Crippen LogP contribution in [0, 0.1) is 5.92 Å². The molecule has 0 radical (unpaired) electrons. The zero-order valence-electron chi connectivity index (χ0n) is 17.6. The summed E-state index contributed by atoms with van der Waals surface area (Å²) in [5.74, 6) is -1.14. The van der Waals surface area contributed by atoms with Crippen LogP contribution in [-0.2, 0) is 16.0 Å². The molecule has 0 bridgehead atoms. The molecule has 8 heteroatoms. The van der Waals surface area contributed by atoms with Crippen molar-refractivity contribution in [1.29, 1.82) is 0 Å². The maximum atomic E-state index is 12.7. The summed E-state index contributed by atoms with van der Waals surface area (Å²) < 4.78 is 5.12. The highest BCUT2D eigenvalue weighted by molar-refractivity contribution is 6.00.